The molecule has 1 fully saturated rings. The van der Waals surface area contributed by atoms with Gasteiger partial charge in [-0.05, 0) is 31.4 Å². The molecular weight excluding hydrogens is 328 g/mol. The van der Waals surface area contributed by atoms with Crippen LogP contribution in [0.2, 0.25) is 0 Å². The van der Waals surface area contributed by atoms with Crippen LogP contribution in [0.15, 0.2) is 24.3 Å². The van der Waals surface area contributed by atoms with Crippen molar-refractivity contribution in [3.63, 3.8) is 0 Å². The summed E-state index contributed by atoms with van der Waals surface area (Å²) in [5.74, 6) is -2.52. The van der Waals surface area contributed by atoms with Crippen molar-refractivity contribution in [1.29, 1.82) is 0 Å². The molecule has 0 saturated carbocycles. The molecule has 1 aromatic carbocycles. The first-order valence-corrected chi connectivity index (χ1v) is 8.03. The highest BCUT2D eigenvalue weighted by Crippen LogP contribution is 2.23. The van der Waals surface area contributed by atoms with Crippen LogP contribution >= 0.6 is 0 Å². The molecule has 3 rings (SSSR count). The first-order valence-electron chi connectivity index (χ1n) is 8.03. The van der Waals surface area contributed by atoms with E-state index in [1.54, 1.807) is 12.1 Å². The van der Waals surface area contributed by atoms with Crippen molar-refractivity contribution in [2.45, 2.75) is 25.4 Å². The summed E-state index contributed by atoms with van der Waals surface area (Å²) in [4.78, 5) is 55.1. The topological polar surface area (TPSA) is 93.2 Å². The van der Waals surface area contributed by atoms with Gasteiger partial charge in [-0.2, -0.15) is 0 Å². The van der Waals surface area contributed by atoms with E-state index in [4.69, 9.17) is 9.57 Å². The molecular formula is C17H18N2O6. The third-order valence-electron chi connectivity index (χ3n) is 4.29. The van der Waals surface area contributed by atoms with Gasteiger partial charge in [0.25, 0.3) is 17.7 Å². The quantitative estimate of drug-likeness (QED) is 0.748. The second kappa shape index (κ2) is 7.02. The van der Waals surface area contributed by atoms with Crippen molar-refractivity contribution in [1.82, 2.24) is 9.96 Å². The highest BCUT2D eigenvalue weighted by atomic mass is 16.7. The molecule has 0 bridgehead atoms. The maximum Gasteiger partial charge on any atom is 0.352 e. The van der Waals surface area contributed by atoms with E-state index >= 15 is 0 Å². The van der Waals surface area contributed by atoms with E-state index in [0.29, 0.717) is 18.0 Å². The highest BCUT2D eigenvalue weighted by Gasteiger charge is 2.39. The minimum absolute atomic E-state index is 0.186. The summed E-state index contributed by atoms with van der Waals surface area (Å²) >= 11 is 0. The van der Waals surface area contributed by atoms with Gasteiger partial charge in [0.2, 0.25) is 0 Å². The van der Waals surface area contributed by atoms with Crippen LogP contribution in [0, 0.1) is 0 Å². The second-order valence-electron chi connectivity index (χ2n) is 5.89. The highest BCUT2D eigenvalue weighted by molar-refractivity contribution is 6.20. The zero-order chi connectivity index (χ0) is 18.0. The number of hydrogen-bond acceptors (Lipinski definition) is 6. The number of rotatable bonds is 4. The largest absolute Gasteiger partial charge is 0.372 e. The SMILES string of the molecule is COC1CCCCN(CC(=O)ON2C(=O)c3ccccc3C2=O)C1=O. The predicted molar refractivity (Wildman–Crippen MR) is 84.3 cm³/mol. The fraction of sp³-hybridized carbons (Fsp3) is 0.412. The van der Waals surface area contributed by atoms with Gasteiger partial charge in [0.1, 0.15) is 12.6 Å². The molecule has 25 heavy (non-hydrogen) atoms. The molecule has 0 N–H and O–H groups in total. The lowest BCUT2D eigenvalue weighted by Gasteiger charge is -2.23. The van der Waals surface area contributed by atoms with Crippen molar-refractivity contribution in [3.8, 4) is 0 Å². The number of ether oxygens (including phenoxy) is 1. The van der Waals surface area contributed by atoms with Gasteiger partial charge in [0, 0.05) is 13.7 Å². The van der Waals surface area contributed by atoms with E-state index in [1.165, 1.54) is 24.1 Å². The lowest BCUT2D eigenvalue weighted by Crippen LogP contribution is -2.44. The molecule has 0 aromatic heterocycles. The number of nitrogens with zero attached hydrogens (tertiary/aromatic N) is 2. The molecule has 1 atom stereocenters. The zero-order valence-electron chi connectivity index (χ0n) is 13.8. The molecule has 2 aliphatic heterocycles. The van der Waals surface area contributed by atoms with Crippen LogP contribution in [0.3, 0.4) is 0 Å². The van der Waals surface area contributed by atoms with Crippen molar-refractivity contribution in [3.05, 3.63) is 35.4 Å². The van der Waals surface area contributed by atoms with Gasteiger partial charge in [0.15, 0.2) is 0 Å². The monoisotopic (exact) mass is 346 g/mol. The summed E-state index contributed by atoms with van der Waals surface area (Å²) in [6.07, 6.45) is 1.56. The minimum atomic E-state index is -0.848. The first kappa shape index (κ1) is 17.1. The predicted octanol–water partition coefficient (Wildman–Crippen LogP) is 0.768. The number of fused-ring (bicyclic) bond motifs is 1. The minimum Gasteiger partial charge on any atom is -0.372 e. The smallest absolute Gasteiger partial charge is 0.352 e. The van der Waals surface area contributed by atoms with Crippen molar-refractivity contribution in [2.75, 3.05) is 20.2 Å². The number of imide groups is 1. The van der Waals surface area contributed by atoms with Gasteiger partial charge in [-0.15, -0.1) is 0 Å². The molecule has 0 aliphatic carbocycles. The summed E-state index contributed by atoms with van der Waals surface area (Å²) in [6, 6.07) is 6.22. The van der Waals surface area contributed by atoms with Crippen LogP contribution in [0.4, 0.5) is 0 Å². The zero-order valence-corrected chi connectivity index (χ0v) is 13.8. The Bertz CT molecular complexity index is 697. The number of likely N-dealkylation sites (tertiary alicyclic amines) is 1. The third kappa shape index (κ3) is 3.25. The standard InChI is InChI=1S/C17H18N2O6/c1-24-13-8-4-5-9-18(17(13)23)10-14(20)25-19-15(21)11-6-2-3-7-12(11)16(19)22/h2-3,6-7,13H,4-5,8-10H2,1H3. The summed E-state index contributed by atoms with van der Waals surface area (Å²) < 4.78 is 5.14. The number of hydroxylamine groups is 2. The number of carbonyl (C=O) groups is 4. The molecule has 2 aliphatic rings. The van der Waals surface area contributed by atoms with Crippen LogP contribution in [0.1, 0.15) is 40.0 Å². The molecule has 1 unspecified atom stereocenters. The Morgan fingerprint density at radius 3 is 2.36 bits per heavy atom. The summed E-state index contributed by atoms with van der Waals surface area (Å²) in [6.45, 7) is 0.0575. The van der Waals surface area contributed by atoms with Gasteiger partial charge < -0.3 is 14.5 Å². The number of benzene rings is 1. The number of amides is 3. The average molecular weight is 346 g/mol. The molecule has 8 heteroatoms. The van der Waals surface area contributed by atoms with E-state index in [0.717, 1.165) is 12.8 Å². The fourth-order valence-corrected chi connectivity index (χ4v) is 2.98. The van der Waals surface area contributed by atoms with E-state index in [2.05, 4.69) is 0 Å². The molecule has 0 radical (unpaired) electrons. The lowest BCUT2D eigenvalue weighted by atomic mass is 10.1. The Hall–Kier alpha value is -2.74. The Morgan fingerprint density at radius 1 is 1.12 bits per heavy atom. The molecule has 132 valence electrons. The van der Waals surface area contributed by atoms with Gasteiger partial charge in [0.05, 0.1) is 11.1 Å². The molecule has 1 saturated heterocycles. The van der Waals surface area contributed by atoms with Crippen molar-refractivity contribution in [2.24, 2.45) is 0 Å². The van der Waals surface area contributed by atoms with Crippen LogP contribution in [-0.2, 0) is 19.2 Å². The average Bonchev–Trinajstić information content (AvgIpc) is 2.74. The molecule has 0 spiro atoms. The van der Waals surface area contributed by atoms with E-state index in [-0.39, 0.29) is 23.6 Å². The van der Waals surface area contributed by atoms with Crippen molar-refractivity contribution < 1.29 is 28.8 Å². The fourth-order valence-electron chi connectivity index (χ4n) is 2.98. The second-order valence-corrected chi connectivity index (χ2v) is 5.89. The van der Waals surface area contributed by atoms with Crippen LogP contribution in [-0.4, -0.2) is 60.0 Å². The maximum absolute atomic E-state index is 12.3. The van der Waals surface area contributed by atoms with Gasteiger partial charge >= 0.3 is 5.97 Å². The van der Waals surface area contributed by atoms with Crippen molar-refractivity contribution >= 4 is 23.7 Å². The molecule has 3 amide bonds. The van der Waals surface area contributed by atoms with E-state index in [1.807, 2.05) is 0 Å². The Kier molecular flexibility index (Phi) is 4.80. The summed E-state index contributed by atoms with van der Waals surface area (Å²) in [5.41, 5.74) is 0.371. The van der Waals surface area contributed by atoms with Gasteiger partial charge in [-0.3, -0.25) is 14.4 Å². The normalized spacial score (nSPS) is 20.5. The Labute approximate surface area is 144 Å². The van der Waals surface area contributed by atoms with Gasteiger partial charge in [-0.25, -0.2) is 4.79 Å². The van der Waals surface area contributed by atoms with Crippen LogP contribution < -0.4 is 0 Å². The van der Waals surface area contributed by atoms with Crippen LogP contribution in [0.5, 0.6) is 0 Å². The number of hydrogen-bond donors (Lipinski definition) is 0. The summed E-state index contributed by atoms with van der Waals surface area (Å²) in [7, 11) is 1.45. The van der Waals surface area contributed by atoms with E-state index < -0.39 is 23.9 Å². The summed E-state index contributed by atoms with van der Waals surface area (Å²) in [5, 5.41) is 0.448. The molecule has 1 aromatic rings. The van der Waals surface area contributed by atoms with Gasteiger partial charge in [-0.1, -0.05) is 17.2 Å². The lowest BCUT2D eigenvalue weighted by molar-refractivity contribution is -0.172. The Balaban J connectivity index is 1.66. The third-order valence-corrected chi connectivity index (χ3v) is 4.29. The number of carbonyl (C=O) groups excluding carboxylic acids is 4. The van der Waals surface area contributed by atoms with E-state index in [9.17, 15) is 19.2 Å². The molecule has 8 nitrogen and oxygen atoms in total. The van der Waals surface area contributed by atoms with Crippen LogP contribution in [0.25, 0.3) is 0 Å². The maximum atomic E-state index is 12.3. The first-order chi connectivity index (χ1) is 12.0. The molecule has 2 heterocycles. The Morgan fingerprint density at radius 2 is 1.76 bits per heavy atom. The number of methoxy groups -OCH3 is 1.